The SMILES string of the molecule is C=CS(=O)(=O)c1ccc(N[C@@H](NC(C)=O)C(=O)c2ccccc2)c(OC)c1. The Morgan fingerprint density at radius 3 is 2.37 bits per heavy atom. The zero-order chi connectivity index (χ0) is 20.0. The number of sulfone groups is 1. The van der Waals surface area contributed by atoms with E-state index in [1.165, 1.54) is 32.2 Å². The van der Waals surface area contributed by atoms with Crippen molar-refractivity contribution in [1.82, 2.24) is 5.32 Å². The molecule has 142 valence electrons. The second-order valence-corrected chi connectivity index (χ2v) is 7.48. The summed E-state index contributed by atoms with van der Waals surface area (Å²) in [4.78, 5) is 24.3. The van der Waals surface area contributed by atoms with Crippen molar-refractivity contribution in [2.75, 3.05) is 12.4 Å². The monoisotopic (exact) mass is 388 g/mol. The van der Waals surface area contributed by atoms with E-state index in [0.717, 1.165) is 5.41 Å². The maximum absolute atomic E-state index is 12.7. The van der Waals surface area contributed by atoms with E-state index in [-0.39, 0.29) is 16.4 Å². The number of hydrogen-bond acceptors (Lipinski definition) is 6. The topological polar surface area (TPSA) is 102 Å². The predicted molar refractivity (Wildman–Crippen MR) is 102 cm³/mol. The van der Waals surface area contributed by atoms with E-state index in [1.54, 1.807) is 30.3 Å². The third kappa shape index (κ3) is 4.95. The molecule has 0 saturated carbocycles. The van der Waals surface area contributed by atoms with Crippen LogP contribution < -0.4 is 15.4 Å². The summed E-state index contributed by atoms with van der Waals surface area (Å²) in [6.07, 6.45) is -1.05. The Hall–Kier alpha value is -3.13. The Balaban J connectivity index is 2.38. The molecule has 0 spiro atoms. The highest BCUT2D eigenvalue weighted by Gasteiger charge is 2.23. The number of ketones is 1. The van der Waals surface area contributed by atoms with Gasteiger partial charge >= 0.3 is 0 Å². The molecule has 0 aliphatic heterocycles. The van der Waals surface area contributed by atoms with Crippen LogP contribution in [0.5, 0.6) is 5.75 Å². The average molecular weight is 388 g/mol. The van der Waals surface area contributed by atoms with Gasteiger partial charge in [-0.05, 0) is 12.1 Å². The van der Waals surface area contributed by atoms with Crippen LogP contribution in [0.4, 0.5) is 5.69 Å². The summed E-state index contributed by atoms with van der Waals surface area (Å²) in [5, 5.41) is 6.28. The Kier molecular flexibility index (Phi) is 6.36. The number of Topliss-reactive ketones (excluding diaryl/α,β-unsaturated/α-hetero) is 1. The number of methoxy groups -OCH3 is 1. The van der Waals surface area contributed by atoms with Crippen molar-refractivity contribution in [2.24, 2.45) is 0 Å². The average Bonchev–Trinajstić information content (AvgIpc) is 2.67. The Labute approximate surface area is 158 Å². The third-order valence-electron chi connectivity index (χ3n) is 3.69. The van der Waals surface area contributed by atoms with E-state index < -0.39 is 21.9 Å². The summed E-state index contributed by atoms with van der Waals surface area (Å²) in [5.41, 5.74) is 0.761. The van der Waals surface area contributed by atoms with Crippen LogP contribution in [-0.4, -0.2) is 33.4 Å². The number of anilines is 1. The fraction of sp³-hybridized carbons (Fsp3) is 0.158. The van der Waals surface area contributed by atoms with Gasteiger partial charge in [-0.3, -0.25) is 9.59 Å². The van der Waals surface area contributed by atoms with Gasteiger partial charge < -0.3 is 15.4 Å². The van der Waals surface area contributed by atoms with Crippen molar-refractivity contribution in [2.45, 2.75) is 18.0 Å². The van der Waals surface area contributed by atoms with E-state index in [0.29, 0.717) is 11.3 Å². The number of carbonyl (C=O) groups excluding carboxylic acids is 2. The quantitative estimate of drug-likeness (QED) is 0.532. The van der Waals surface area contributed by atoms with Crippen LogP contribution >= 0.6 is 0 Å². The van der Waals surface area contributed by atoms with Gasteiger partial charge in [0, 0.05) is 24.0 Å². The zero-order valence-corrected chi connectivity index (χ0v) is 15.7. The molecule has 27 heavy (non-hydrogen) atoms. The molecular formula is C19H20N2O5S. The first kappa shape index (κ1) is 20.2. The Morgan fingerprint density at radius 2 is 1.81 bits per heavy atom. The molecule has 0 unspecified atom stereocenters. The van der Waals surface area contributed by atoms with E-state index >= 15 is 0 Å². The molecule has 2 rings (SSSR count). The van der Waals surface area contributed by atoms with Crippen molar-refractivity contribution in [3.05, 3.63) is 66.1 Å². The molecule has 0 radical (unpaired) electrons. The van der Waals surface area contributed by atoms with Crippen LogP contribution in [-0.2, 0) is 14.6 Å². The van der Waals surface area contributed by atoms with Gasteiger partial charge in [0.05, 0.1) is 17.7 Å². The molecule has 0 saturated heterocycles. The summed E-state index contributed by atoms with van der Waals surface area (Å²) in [6, 6.07) is 12.6. The zero-order valence-electron chi connectivity index (χ0n) is 14.9. The third-order valence-corrected chi connectivity index (χ3v) is 5.04. The summed E-state index contributed by atoms with van der Waals surface area (Å²) in [6.45, 7) is 4.58. The van der Waals surface area contributed by atoms with Crippen LogP contribution in [0.15, 0.2) is 65.4 Å². The van der Waals surface area contributed by atoms with Crippen LogP contribution in [0.2, 0.25) is 0 Å². The number of carbonyl (C=O) groups is 2. The molecule has 1 atom stereocenters. The van der Waals surface area contributed by atoms with Crippen molar-refractivity contribution >= 4 is 27.2 Å². The molecule has 0 aliphatic rings. The summed E-state index contributed by atoms with van der Waals surface area (Å²) in [7, 11) is -2.26. The minimum absolute atomic E-state index is 0.00497. The number of hydrogen-bond donors (Lipinski definition) is 2. The molecule has 0 heterocycles. The molecule has 2 aromatic carbocycles. The van der Waals surface area contributed by atoms with Gasteiger partial charge in [0.1, 0.15) is 5.75 Å². The summed E-state index contributed by atoms with van der Waals surface area (Å²) >= 11 is 0. The van der Waals surface area contributed by atoms with Crippen molar-refractivity contribution < 1.29 is 22.7 Å². The lowest BCUT2D eigenvalue weighted by Crippen LogP contribution is -2.45. The maximum atomic E-state index is 12.7. The van der Waals surface area contributed by atoms with Gasteiger partial charge in [0.25, 0.3) is 0 Å². The molecule has 0 fully saturated rings. The smallest absolute Gasteiger partial charge is 0.218 e. The highest BCUT2D eigenvalue weighted by atomic mass is 32.2. The number of rotatable bonds is 8. The molecular weight excluding hydrogens is 368 g/mol. The molecule has 1 amide bonds. The van der Waals surface area contributed by atoms with Gasteiger partial charge in [-0.2, -0.15) is 0 Å². The van der Waals surface area contributed by atoms with Gasteiger partial charge in [-0.25, -0.2) is 8.42 Å². The lowest BCUT2D eigenvalue weighted by atomic mass is 10.1. The van der Waals surface area contributed by atoms with Crippen LogP contribution in [0.1, 0.15) is 17.3 Å². The van der Waals surface area contributed by atoms with Crippen LogP contribution in [0.25, 0.3) is 0 Å². The normalized spacial score (nSPS) is 11.9. The molecule has 2 N–H and O–H groups in total. The Morgan fingerprint density at radius 1 is 1.15 bits per heavy atom. The molecule has 8 heteroatoms. The van der Waals surface area contributed by atoms with E-state index in [9.17, 15) is 18.0 Å². The number of amides is 1. The summed E-state index contributed by atoms with van der Waals surface area (Å²) in [5.74, 6) is -0.550. The van der Waals surface area contributed by atoms with Crippen molar-refractivity contribution in [3.8, 4) is 5.75 Å². The van der Waals surface area contributed by atoms with Gasteiger partial charge in [0.2, 0.25) is 11.7 Å². The first-order valence-electron chi connectivity index (χ1n) is 7.97. The largest absolute Gasteiger partial charge is 0.495 e. The number of nitrogens with one attached hydrogen (secondary N) is 2. The van der Waals surface area contributed by atoms with Gasteiger partial charge in [-0.1, -0.05) is 36.9 Å². The van der Waals surface area contributed by atoms with Gasteiger partial charge in [-0.15, -0.1) is 0 Å². The standard InChI is InChI=1S/C19H20N2O5S/c1-4-27(24,25)15-10-11-16(17(12-15)26-3)21-19(20-13(2)22)18(23)14-8-6-5-7-9-14/h4-12,19,21H,1H2,2-3H3,(H,20,22)/t19-/m1/s1. The molecule has 0 aromatic heterocycles. The number of ether oxygens (including phenoxy) is 1. The molecule has 0 bridgehead atoms. The second-order valence-electron chi connectivity index (χ2n) is 5.58. The first-order valence-corrected chi connectivity index (χ1v) is 9.51. The number of benzene rings is 2. The van der Waals surface area contributed by atoms with Crippen molar-refractivity contribution in [3.63, 3.8) is 0 Å². The first-order chi connectivity index (χ1) is 12.8. The summed E-state index contributed by atoms with van der Waals surface area (Å²) < 4.78 is 29.1. The lowest BCUT2D eigenvalue weighted by Gasteiger charge is -2.21. The van der Waals surface area contributed by atoms with E-state index in [2.05, 4.69) is 17.2 Å². The molecule has 2 aromatic rings. The fourth-order valence-electron chi connectivity index (χ4n) is 2.36. The minimum atomic E-state index is -3.63. The van der Waals surface area contributed by atoms with Crippen LogP contribution in [0.3, 0.4) is 0 Å². The van der Waals surface area contributed by atoms with Crippen molar-refractivity contribution in [1.29, 1.82) is 0 Å². The predicted octanol–water partition coefficient (Wildman–Crippen LogP) is 2.37. The highest BCUT2D eigenvalue weighted by molar-refractivity contribution is 7.94. The second kappa shape index (κ2) is 8.50. The van der Waals surface area contributed by atoms with E-state index in [1.807, 2.05) is 0 Å². The fourth-order valence-corrected chi connectivity index (χ4v) is 3.08. The maximum Gasteiger partial charge on any atom is 0.218 e. The van der Waals surface area contributed by atoms with Gasteiger partial charge in [0.15, 0.2) is 16.0 Å². The Bertz CT molecular complexity index is 955. The minimum Gasteiger partial charge on any atom is -0.495 e. The van der Waals surface area contributed by atoms with Crippen LogP contribution in [0, 0.1) is 0 Å². The molecule has 7 nitrogen and oxygen atoms in total. The lowest BCUT2D eigenvalue weighted by molar-refractivity contribution is -0.119. The molecule has 0 aliphatic carbocycles. The van der Waals surface area contributed by atoms with E-state index in [4.69, 9.17) is 4.74 Å². The highest BCUT2D eigenvalue weighted by Crippen LogP contribution is 2.29.